The number of hydrogen-bond acceptors (Lipinski definition) is 4. The Kier molecular flexibility index (Phi) is 5.17. The number of nitrogens with zero attached hydrogens (tertiary/aromatic N) is 2. The number of methoxy groups -OCH3 is 1. The zero-order valence-corrected chi connectivity index (χ0v) is 11.5. The zero-order chi connectivity index (χ0) is 14.2. The Morgan fingerprint density at radius 3 is 2.90 bits per heavy atom. The first kappa shape index (κ1) is 14.1. The fraction of sp³-hybridized carbons (Fsp3) is 0.333. The Morgan fingerprint density at radius 1 is 1.30 bits per heavy atom. The number of imidazole rings is 1. The molecule has 0 unspecified atom stereocenters. The van der Waals surface area contributed by atoms with Crippen LogP contribution in [0.5, 0.6) is 5.75 Å². The number of esters is 1. The average Bonchev–Trinajstić information content (AvgIpc) is 3.01. The Bertz CT molecular complexity index is 538. The Morgan fingerprint density at radius 2 is 2.15 bits per heavy atom. The summed E-state index contributed by atoms with van der Waals surface area (Å²) < 4.78 is 12.3. The van der Waals surface area contributed by atoms with Crippen LogP contribution in [0.1, 0.15) is 19.3 Å². The third-order valence-electron chi connectivity index (χ3n) is 2.91. The summed E-state index contributed by atoms with van der Waals surface area (Å²) in [5.41, 5.74) is 0.956. The van der Waals surface area contributed by atoms with Crippen molar-refractivity contribution in [1.82, 2.24) is 9.55 Å². The van der Waals surface area contributed by atoms with E-state index in [0.717, 1.165) is 24.3 Å². The summed E-state index contributed by atoms with van der Waals surface area (Å²) in [6.07, 6.45) is 7.35. The van der Waals surface area contributed by atoms with Crippen LogP contribution in [0.3, 0.4) is 0 Å². The number of benzene rings is 1. The first-order valence-electron chi connectivity index (χ1n) is 6.58. The van der Waals surface area contributed by atoms with Crippen LogP contribution >= 0.6 is 0 Å². The van der Waals surface area contributed by atoms with Gasteiger partial charge < -0.3 is 14.0 Å². The van der Waals surface area contributed by atoms with E-state index in [1.807, 2.05) is 35.0 Å². The van der Waals surface area contributed by atoms with Crippen LogP contribution < -0.4 is 4.74 Å². The molecule has 0 spiro atoms. The predicted octanol–water partition coefficient (Wildman–Crippen LogP) is 2.59. The summed E-state index contributed by atoms with van der Waals surface area (Å²) in [7, 11) is 1.40. The molecular formula is C15H18N2O3. The molecule has 1 aromatic heterocycles. The molecule has 1 aromatic carbocycles. The Labute approximate surface area is 118 Å². The van der Waals surface area contributed by atoms with Gasteiger partial charge in [0.2, 0.25) is 0 Å². The predicted molar refractivity (Wildman–Crippen MR) is 74.9 cm³/mol. The van der Waals surface area contributed by atoms with Crippen LogP contribution in [0, 0.1) is 0 Å². The molecule has 0 N–H and O–H groups in total. The second-order valence-corrected chi connectivity index (χ2v) is 4.32. The number of rotatable bonds is 7. The molecule has 0 aliphatic heterocycles. The van der Waals surface area contributed by atoms with Crippen molar-refractivity contribution >= 4 is 5.97 Å². The van der Waals surface area contributed by atoms with Crippen molar-refractivity contribution in [1.29, 1.82) is 0 Å². The summed E-state index contributed by atoms with van der Waals surface area (Å²) in [5, 5.41) is 0. The molecule has 0 saturated heterocycles. The summed E-state index contributed by atoms with van der Waals surface area (Å²) in [5.74, 6) is 0.632. The minimum Gasteiger partial charge on any atom is -0.491 e. The van der Waals surface area contributed by atoms with Gasteiger partial charge in [0.15, 0.2) is 0 Å². The van der Waals surface area contributed by atoms with Crippen molar-refractivity contribution in [3.8, 4) is 11.4 Å². The highest BCUT2D eigenvalue weighted by Crippen LogP contribution is 2.22. The fourth-order valence-corrected chi connectivity index (χ4v) is 1.85. The number of aromatic nitrogens is 2. The van der Waals surface area contributed by atoms with Gasteiger partial charge in [0.05, 0.1) is 25.7 Å². The summed E-state index contributed by atoms with van der Waals surface area (Å²) in [4.78, 5) is 15.0. The Balaban J connectivity index is 1.86. The van der Waals surface area contributed by atoms with Gasteiger partial charge in [-0.05, 0) is 25.0 Å². The molecule has 0 saturated carbocycles. The van der Waals surface area contributed by atoms with Crippen LogP contribution in [0.2, 0.25) is 0 Å². The van der Waals surface area contributed by atoms with Gasteiger partial charge in [-0.2, -0.15) is 0 Å². The second kappa shape index (κ2) is 7.33. The van der Waals surface area contributed by atoms with Crippen molar-refractivity contribution in [2.75, 3.05) is 13.7 Å². The van der Waals surface area contributed by atoms with Crippen molar-refractivity contribution in [2.24, 2.45) is 0 Å². The van der Waals surface area contributed by atoms with E-state index in [-0.39, 0.29) is 5.97 Å². The molecule has 2 rings (SSSR count). The van der Waals surface area contributed by atoms with E-state index in [1.165, 1.54) is 7.11 Å². The number of ether oxygens (including phenoxy) is 2. The molecule has 1 heterocycles. The minimum absolute atomic E-state index is 0.177. The molecular weight excluding hydrogens is 256 g/mol. The van der Waals surface area contributed by atoms with Crippen LogP contribution in [0.15, 0.2) is 43.0 Å². The average molecular weight is 274 g/mol. The van der Waals surface area contributed by atoms with Crippen molar-refractivity contribution in [3.05, 3.63) is 43.0 Å². The van der Waals surface area contributed by atoms with Gasteiger partial charge in [-0.3, -0.25) is 4.79 Å². The monoisotopic (exact) mass is 274 g/mol. The van der Waals surface area contributed by atoms with E-state index in [0.29, 0.717) is 13.0 Å². The standard InChI is InChI=1S/C15H18N2O3/c1-19-15(18)8-4-5-11-20-14-7-3-2-6-13(14)17-10-9-16-12-17/h2-3,6-7,9-10,12H,4-5,8,11H2,1H3. The molecule has 0 aliphatic carbocycles. The molecule has 5 nitrogen and oxygen atoms in total. The summed E-state index contributed by atoms with van der Waals surface area (Å²) >= 11 is 0. The molecule has 0 aliphatic rings. The molecule has 106 valence electrons. The number of hydrogen-bond donors (Lipinski definition) is 0. The first-order chi connectivity index (χ1) is 9.81. The quantitative estimate of drug-likeness (QED) is 0.575. The molecule has 2 aromatic rings. The van der Waals surface area contributed by atoms with Crippen LogP contribution in [0.4, 0.5) is 0 Å². The normalized spacial score (nSPS) is 10.2. The van der Waals surface area contributed by atoms with Gasteiger partial charge in [-0.1, -0.05) is 12.1 Å². The fourth-order valence-electron chi connectivity index (χ4n) is 1.85. The van der Waals surface area contributed by atoms with Crippen molar-refractivity contribution < 1.29 is 14.3 Å². The van der Waals surface area contributed by atoms with Crippen molar-refractivity contribution in [3.63, 3.8) is 0 Å². The van der Waals surface area contributed by atoms with E-state index in [4.69, 9.17) is 4.74 Å². The smallest absolute Gasteiger partial charge is 0.305 e. The van der Waals surface area contributed by atoms with E-state index in [9.17, 15) is 4.79 Å². The van der Waals surface area contributed by atoms with E-state index >= 15 is 0 Å². The number of unbranched alkanes of at least 4 members (excludes halogenated alkanes) is 1. The number of carbonyl (C=O) groups excluding carboxylic acids is 1. The molecule has 0 fully saturated rings. The SMILES string of the molecule is COC(=O)CCCCOc1ccccc1-n1ccnc1. The van der Waals surface area contributed by atoms with Crippen molar-refractivity contribution in [2.45, 2.75) is 19.3 Å². The molecule has 5 heteroatoms. The molecule has 0 bridgehead atoms. The van der Waals surface area contributed by atoms with Gasteiger partial charge in [-0.25, -0.2) is 4.98 Å². The topological polar surface area (TPSA) is 53.4 Å². The maximum atomic E-state index is 11.0. The first-order valence-corrected chi connectivity index (χ1v) is 6.58. The summed E-state index contributed by atoms with van der Waals surface area (Å²) in [6.45, 7) is 0.572. The second-order valence-electron chi connectivity index (χ2n) is 4.32. The van der Waals surface area contributed by atoms with Crippen LogP contribution in [-0.2, 0) is 9.53 Å². The lowest BCUT2D eigenvalue weighted by molar-refractivity contribution is -0.140. The van der Waals surface area contributed by atoms with E-state index < -0.39 is 0 Å². The van der Waals surface area contributed by atoms with Gasteiger partial charge in [0, 0.05) is 18.8 Å². The summed E-state index contributed by atoms with van der Waals surface area (Å²) in [6, 6.07) is 7.80. The Hall–Kier alpha value is -2.30. The molecule has 0 amide bonds. The number of para-hydroxylation sites is 2. The molecule has 0 radical (unpaired) electrons. The van der Waals surface area contributed by atoms with Gasteiger partial charge in [0.1, 0.15) is 5.75 Å². The van der Waals surface area contributed by atoms with E-state index in [1.54, 1.807) is 12.5 Å². The van der Waals surface area contributed by atoms with Gasteiger partial charge >= 0.3 is 5.97 Å². The lowest BCUT2D eigenvalue weighted by atomic mass is 10.2. The molecule has 0 atom stereocenters. The van der Waals surface area contributed by atoms with E-state index in [2.05, 4.69) is 9.72 Å². The minimum atomic E-state index is -0.177. The van der Waals surface area contributed by atoms with Gasteiger partial charge in [-0.15, -0.1) is 0 Å². The maximum Gasteiger partial charge on any atom is 0.305 e. The van der Waals surface area contributed by atoms with Crippen LogP contribution in [0.25, 0.3) is 5.69 Å². The maximum absolute atomic E-state index is 11.0. The third-order valence-corrected chi connectivity index (χ3v) is 2.91. The lowest BCUT2D eigenvalue weighted by Crippen LogP contribution is -2.04. The molecule has 20 heavy (non-hydrogen) atoms. The third kappa shape index (κ3) is 3.85. The lowest BCUT2D eigenvalue weighted by Gasteiger charge is -2.11. The number of carbonyl (C=O) groups is 1. The zero-order valence-electron chi connectivity index (χ0n) is 11.5. The van der Waals surface area contributed by atoms with Crippen LogP contribution in [-0.4, -0.2) is 29.2 Å². The highest BCUT2D eigenvalue weighted by molar-refractivity contribution is 5.68. The van der Waals surface area contributed by atoms with Gasteiger partial charge in [0.25, 0.3) is 0 Å². The highest BCUT2D eigenvalue weighted by Gasteiger charge is 2.05. The highest BCUT2D eigenvalue weighted by atomic mass is 16.5. The largest absolute Gasteiger partial charge is 0.491 e.